The molecule has 1 aliphatic heterocycles. The van der Waals surface area contributed by atoms with Crippen molar-refractivity contribution in [1.29, 1.82) is 0 Å². The van der Waals surface area contributed by atoms with E-state index in [0.29, 0.717) is 18.0 Å². The lowest BCUT2D eigenvalue weighted by molar-refractivity contribution is -0.167. The lowest BCUT2D eigenvalue weighted by atomic mass is 9.79. The molecule has 7 nitrogen and oxygen atoms in total. The van der Waals surface area contributed by atoms with E-state index in [2.05, 4.69) is 19.9 Å². The Labute approximate surface area is 211 Å². The van der Waals surface area contributed by atoms with Crippen LogP contribution in [0.5, 0.6) is 0 Å². The molecule has 0 aromatic carbocycles. The fraction of sp³-hybridized carbons (Fsp3) is 0.481. The third kappa shape index (κ3) is 6.20. The standard InChI is InChI=1S/C27H34ClNO6/c1-8-16(4)12-17(5)9-10-19-13-20-21(14-29(19)22(26(33)34)11-15(2)3)24(31)27(7,35-18(6)30)25(32)23(20)28/h9-10,12-16,22H,8,11H2,1-7H3,(H,33,34)/t16-,22?,27-/m0/s1. The normalized spacial score (nSPS) is 22.8. The number of hydrogen-bond donors (Lipinski definition) is 1. The molecular formula is C27H34ClNO6. The zero-order valence-corrected chi connectivity index (χ0v) is 22.1. The van der Waals surface area contributed by atoms with Crippen LogP contribution in [0.1, 0.15) is 61.3 Å². The summed E-state index contributed by atoms with van der Waals surface area (Å²) in [5, 5.41) is 9.78. The lowest BCUT2D eigenvalue weighted by Gasteiger charge is -2.37. The summed E-state index contributed by atoms with van der Waals surface area (Å²) in [6, 6.07) is -0.969. The van der Waals surface area contributed by atoms with Gasteiger partial charge in [0.2, 0.25) is 17.2 Å². The van der Waals surface area contributed by atoms with Crippen LogP contribution < -0.4 is 0 Å². The molecule has 35 heavy (non-hydrogen) atoms. The van der Waals surface area contributed by atoms with E-state index < -0.39 is 35.1 Å². The summed E-state index contributed by atoms with van der Waals surface area (Å²) in [6.45, 7) is 12.3. The largest absolute Gasteiger partial charge is 0.480 e. The first-order valence-electron chi connectivity index (χ1n) is 11.7. The molecule has 0 aromatic rings. The molecule has 0 saturated heterocycles. The molecule has 0 bridgehead atoms. The highest BCUT2D eigenvalue weighted by molar-refractivity contribution is 6.49. The van der Waals surface area contributed by atoms with E-state index in [1.165, 1.54) is 18.0 Å². The maximum Gasteiger partial charge on any atom is 0.326 e. The summed E-state index contributed by atoms with van der Waals surface area (Å²) < 4.78 is 5.11. The first-order chi connectivity index (χ1) is 16.2. The number of hydrogen-bond acceptors (Lipinski definition) is 6. The van der Waals surface area contributed by atoms with Gasteiger partial charge in [-0.05, 0) is 44.3 Å². The molecule has 8 heteroatoms. The monoisotopic (exact) mass is 503 g/mol. The molecule has 190 valence electrons. The minimum atomic E-state index is -2.11. The van der Waals surface area contributed by atoms with Gasteiger partial charge in [-0.25, -0.2) is 4.79 Å². The third-order valence-electron chi connectivity index (χ3n) is 6.07. The van der Waals surface area contributed by atoms with Crippen molar-refractivity contribution in [3.8, 4) is 0 Å². The number of nitrogens with zero attached hydrogens (tertiary/aromatic N) is 1. The molecule has 0 amide bonds. The Morgan fingerprint density at radius 1 is 1.20 bits per heavy atom. The van der Waals surface area contributed by atoms with Gasteiger partial charge < -0.3 is 14.7 Å². The highest BCUT2D eigenvalue weighted by atomic mass is 35.5. The second-order valence-corrected chi connectivity index (χ2v) is 10.0. The third-order valence-corrected chi connectivity index (χ3v) is 6.44. The number of carboxylic acids is 1. The zero-order valence-electron chi connectivity index (χ0n) is 21.3. The highest BCUT2D eigenvalue weighted by Gasteiger charge is 2.52. The summed E-state index contributed by atoms with van der Waals surface area (Å²) in [6.07, 6.45) is 9.97. The predicted octanol–water partition coefficient (Wildman–Crippen LogP) is 5.08. The minimum absolute atomic E-state index is 0.0253. The van der Waals surface area contributed by atoms with Crippen LogP contribution in [0.25, 0.3) is 0 Å². The van der Waals surface area contributed by atoms with E-state index >= 15 is 0 Å². The second-order valence-electron chi connectivity index (χ2n) is 9.65. The molecule has 1 heterocycles. The Morgan fingerprint density at radius 2 is 1.83 bits per heavy atom. The highest BCUT2D eigenvalue weighted by Crippen LogP contribution is 2.40. The van der Waals surface area contributed by atoms with Gasteiger partial charge in [0.25, 0.3) is 0 Å². The van der Waals surface area contributed by atoms with Gasteiger partial charge in [-0.15, -0.1) is 0 Å². The predicted molar refractivity (Wildman–Crippen MR) is 134 cm³/mol. The number of Topliss-reactive ketones (excluding diaryl/α,β-unsaturated/α-hetero) is 2. The van der Waals surface area contributed by atoms with E-state index in [0.717, 1.165) is 18.9 Å². The fourth-order valence-corrected chi connectivity index (χ4v) is 4.38. The van der Waals surface area contributed by atoms with E-state index in [1.807, 2.05) is 26.8 Å². The van der Waals surface area contributed by atoms with Crippen molar-refractivity contribution >= 4 is 35.1 Å². The van der Waals surface area contributed by atoms with Gasteiger partial charge in [-0.3, -0.25) is 14.4 Å². The summed E-state index contributed by atoms with van der Waals surface area (Å²) >= 11 is 6.39. The van der Waals surface area contributed by atoms with Crippen molar-refractivity contribution in [2.75, 3.05) is 0 Å². The number of carboxylic acid groups (broad SMARTS) is 1. The molecule has 0 aromatic heterocycles. The maximum atomic E-state index is 13.4. The van der Waals surface area contributed by atoms with Crippen LogP contribution in [-0.4, -0.2) is 45.2 Å². The van der Waals surface area contributed by atoms with Gasteiger partial charge in [0.05, 0.1) is 5.03 Å². The molecule has 0 fully saturated rings. The number of rotatable bonds is 9. The van der Waals surface area contributed by atoms with E-state index in [4.69, 9.17) is 16.3 Å². The molecule has 2 rings (SSSR count). The number of esters is 1. The number of ketones is 2. The van der Waals surface area contributed by atoms with Crippen molar-refractivity contribution in [3.05, 3.63) is 58.0 Å². The Hall–Kier alpha value is -2.93. The summed E-state index contributed by atoms with van der Waals surface area (Å²) in [4.78, 5) is 51.7. The number of carbonyl (C=O) groups is 4. The number of aliphatic carboxylic acids is 1. The first-order valence-corrected chi connectivity index (χ1v) is 12.1. The van der Waals surface area contributed by atoms with Crippen molar-refractivity contribution in [2.24, 2.45) is 11.8 Å². The summed E-state index contributed by atoms with van der Waals surface area (Å²) in [5.74, 6) is -2.99. The number of carbonyl (C=O) groups excluding carboxylic acids is 3. The number of ether oxygens (including phenoxy) is 1. The molecule has 1 aliphatic carbocycles. The molecule has 2 aliphatic rings. The second kappa shape index (κ2) is 11.2. The molecule has 0 saturated carbocycles. The SMILES string of the molecule is CC[C@H](C)C=C(C)C=CC1=CC2=C(Cl)C(=O)[C@@](C)(OC(C)=O)C(=O)C2=CN1C(CC(C)C)C(=O)O. The van der Waals surface area contributed by atoms with Crippen LogP contribution in [0.3, 0.4) is 0 Å². The van der Waals surface area contributed by atoms with Crippen LogP contribution in [0.4, 0.5) is 0 Å². The van der Waals surface area contributed by atoms with Gasteiger partial charge in [0.1, 0.15) is 6.04 Å². The van der Waals surface area contributed by atoms with Gasteiger partial charge in [0.15, 0.2) is 0 Å². The molecule has 0 spiro atoms. The number of halogens is 1. The summed E-state index contributed by atoms with van der Waals surface area (Å²) in [7, 11) is 0. The van der Waals surface area contributed by atoms with E-state index in [-0.39, 0.29) is 22.1 Å². The Balaban J connectivity index is 2.71. The van der Waals surface area contributed by atoms with Crippen LogP contribution in [0.2, 0.25) is 0 Å². The molecular weight excluding hydrogens is 470 g/mol. The van der Waals surface area contributed by atoms with Gasteiger partial charge >= 0.3 is 11.9 Å². The Bertz CT molecular complexity index is 1080. The quantitative estimate of drug-likeness (QED) is 0.266. The maximum absolute atomic E-state index is 13.4. The molecule has 0 radical (unpaired) electrons. The number of fused-ring (bicyclic) bond motifs is 1. The first kappa shape index (κ1) is 28.3. The van der Waals surface area contributed by atoms with Crippen molar-refractivity contribution in [2.45, 2.75) is 73.0 Å². The summed E-state index contributed by atoms with van der Waals surface area (Å²) in [5.41, 5.74) is -0.443. The molecule has 1 unspecified atom stereocenters. The van der Waals surface area contributed by atoms with Crippen molar-refractivity contribution in [3.63, 3.8) is 0 Å². The van der Waals surface area contributed by atoms with Crippen LogP contribution in [0.15, 0.2) is 58.0 Å². The number of allylic oxidation sites excluding steroid dienone is 6. The van der Waals surface area contributed by atoms with Crippen molar-refractivity contribution < 1.29 is 29.0 Å². The van der Waals surface area contributed by atoms with Gasteiger partial charge in [-0.2, -0.15) is 0 Å². The average Bonchev–Trinajstić information content (AvgIpc) is 2.77. The topological polar surface area (TPSA) is 101 Å². The van der Waals surface area contributed by atoms with Crippen LogP contribution in [-0.2, 0) is 23.9 Å². The fourth-order valence-electron chi connectivity index (χ4n) is 4.04. The van der Waals surface area contributed by atoms with Gasteiger partial charge in [-0.1, -0.05) is 63.4 Å². The smallest absolute Gasteiger partial charge is 0.326 e. The Kier molecular flexibility index (Phi) is 9.06. The van der Waals surface area contributed by atoms with Crippen LogP contribution >= 0.6 is 11.6 Å². The minimum Gasteiger partial charge on any atom is -0.480 e. The Morgan fingerprint density at radius 3 is 2.34 bits per heavy atom. The molecule has 3 atom stereocenters. The molecule has 1 N–H and O–H groups in total. The van der Waals surface area contributed by atoms with E-state index in [1.54, 1.807) is 12.2 Å². The van der Waals surface area contributed by atoms with Crippen LogP contribution in [0, 0.1) is 11.8 Å². The average molecular weight is 504 g/mol. The zero-order chi connectivity index (χ0) is 26.7. The van der Waals surface area contributed by atoms with Gasteiger partial charge in [0, 0.05) is 30.0 Å². The van der Waals surface area contributed by atoms with Crippen molar-refractivity contribution in [1.82, 2.24) is 4.90 Å². The van der Waals surface area contributed by atoms with E-state index in [9.17, 15) is 24.3 Å². The lowest BCUT2D eigenvalue weighted by Crippen LogP contribution is -2.52.